The van der Waals surface area contributed by atoms with Gasteiger partial charge in [-0.05, 0) is 84.5 Å². The lowest BCUT2D eigenvalue weighted by molar-refractivity contribution is 0.0976. The van der Waals surface area contributed by atoms with Crippen molar-refractivity contribution in [3.8, 4) is 5.75 Å². The van der Waals surface area contributed by atoms with E-state index in [1.54, 1.807) is 60.7 Å². The van der Waals surface area contributed by atoms with E-state index < -0.39 is 0 Å². The summed E-state index contributed by atoms with van der Waals surface area (Å²) in [4.78, 5) is 25.0. The standard InChI is InChI=1S/C28H21Cl2N3O3S/c29-20-8-15-24(25(30)16-20)27(35)31-21-9-11-22(12-10-21)32-28(37)33-26(34)19-6-13-23(14-7-19)36-17-18-4-2-1-3-5-18/h1-16H,17H2,(H,31,35)(H2,32,33,34,37). The lowest BCUT2D eigenvalue weighted by Gasteiger charge is -2.11. The molecule has 0 atom stereocenters. The van der Waals surface area contributed by atoms with E-state index in [1.165, 1.54) is 6.07 Å². The minimum Gasteiger partial charge on any atom is -0.489 e. The fourth-order valence-electron chi connectivity index (χ4n) is 3.29. The van der Waals surface area contributed by atoms with Crippen molar-refractivity contribution in [3.05, 3.63) is 124 Å². The molecule has 0 heterocycles. The van der Waals surface area contributed by atoms with Gasteiger partial charge in [-0.1, -0.05) is 53.5 Å². The molecule has 4 aromatic rings. The Morgan fingerprint density at radius 1 is 0.757 bits per heavy atom. The highest BCUT2D eigenvalue weighted by Crippen LogP contribution is 2.22. The quantitative estimate of drug-likeness (QED) is 0.217. The van der Waals surface area contributed by atoms with Crippen molar-refractivity contribution >= 4 is 63.7 Å². The number of amides is 2. The molecule has 4 rings (SSSR count). The molecule has 0 radical (unpaired) electrons. The maximum Gasteiger partial charge on any atom is 0.257 e. The van der Waals surface area contributed by atoms with Crippen molar-refractivity contribution in [1.29, 1.82) is 0 Å². The van der Waals surface area contributed by atoms with Crippen LogP contribution in [0.25, 0.3) is 0 Å². The lowest BCUT2D eigenvalue weighted by atomic mass is 10.2. The molecule has 0 aliphatic rings. The first-order valence-corrected chi connectivity index (χ1v) is 12.3. The van der Waals surface area contributed by atoms with Crippen LogP contribution in [0.3, 0.4) is 0 Å². The van der Waals surface area contributed by atoms with E-state index in [2.05, 4.69) is 16.0 Å². The van der Waals surface area contributed by atoms with Crippen LogP contribution >= 0.6 is 35.4 Å². The summed E-state index contributed by atoms with van der Waals surface area (Å²) in [6.07, 6.45) is 0. The van der Waals surface area contributed by atoms with Gasteiger partial charge >= 0.3 is 0 Å². The van der Waals surface area contributed by atoms with Gasteiger partial charge in [0, 0.05) is 22.0 Å². The smallest absolute Gasteiger partial charge is 0.257 e. The van der Waals surface area contributed by atoms with Gasteiger partial charge in [0.2, 0.25) is 0 Å². The van der Waals surface area contributed by atoms with Crippen molar-refractivity contribution in [1.82, 2.24) is 5.32 Å². The first-order valence-electron chi connectivity index (χ1n) is 11.1. The number of anilines is 2. The molecule has 9 heteroatoms. The molecule has 0 fully saturated rings. The normalized spacial score (nSPS) is 10.3. The summed E-state index contributed by atoms with van der Waals surface area (Å²) in [7, 11) is 0. The monoisotopic (exact) mass is 549 g/mol. The minimum absolute atomic E-state index is 0.138. The Morgan fingerprint density at radius 2 is 1.41 bits per heavy atom. The Bertz CT molecular complexity index is 1410. The second-order valence-corrected chi connectivity index (χ2v) is 9.11. The zero-order chi connectivity index (χ0) is 26.2. The van der Waals surface area contributed by atoms with Gasteiger partial charge in [0.05, 0.1) is 10.6 Å². The average molecular weight is 550 g/mol. The molecule has 0 aliphatic carbocycles. The van der Waals surface area contributed by atoms with E-state index in [4.69, 9.17) is 40.2 Å². The summed E-state index contributed by atoms with van der Waals surface area (Å²) in [5.74, 6) is -0.0518. The number of hydrogen-bond acceptors (Lipinski definition) is 4. The van der Waals surface area contributed by atoms with E-state index in [0.717, 1.165) is 5.56 Å². The highest BCUT2D eigenvalue weighted by Gasteiger charge is 2.12. The predicted molar refractivity (Wildman–Crippen MR) is 152 cm³/mol. The number of nitrogens with one attached hydrogen (secondary N) is 3. The molecule has 186 valence electrons. The van der Waals surface area contributed by atoms with Gasteiger partial charge in [-0.3, -0.25) is 14.9 Å². The minimum atomic E-state index is -0.360. The number of hydrogen-bond donors (Lipinski definition) is 3. The third-order valence-electron chi connectivity index (χ3n) is 5.17. The van der Waals surface area contributed by atoms with Crippen molar-refractivity contribution in [3.63, 3.8) is 0 Å². The summed E-state index contributed by atoms with van der Waals surface area (Å²) in [5.41, 5.74) is 3.01. The van der Waals surface area contributed by atoms with Gasteiger partial charge < -0.3 is 15.4 Å². The maximum atomic E-state index is 12.5. The van der Waals surface area contributed by atoms with Crippen LogP contribution in [0.5, 0.6) is 5.75 Å². The molecular weight excluding hydrogens is 529 g/mol. The van der Waals surface area contributed by atoms with Crippen molar-refractivity contribution in [2.45, 2.75) is 6.61 Å². The van der Waals surface area contributed by atoms with Gasteiger partial charge in [0.1, 0.15) is 12.4 Å². The van der Waals surface area contributed by atoms with Crippen molar-refractivity contribution in [2.75, 3.05) is 10.6 Å². The molecule has 0 spiro atoms. The fraction of sp³-hybridized carbons (Fsp3) is 0.0357. The van der Waals surface area contributed by atoms with Crippen LogP contribution in [0, 0.1) is 0 Å². The molecule has 0 bridgehead atoms. The molecular formula is C28H21Cl2N3O3S. The summed E-state index contributed by atoms with van der Waals surface area (Å²) in [6, 6.07) is 28.1. The van der Waals surface area contributed by atoms with E-state index >= 15 is 0 Å². The Morgan fingerprint density at radius 3 is 2.05 bits per heavy atom. The molecule has 0 aromatic heterocycles. The van der Waals surface area contributed by atoms with E-state index in [-0.39, 0.29) is 21.9 Å². The van der Waals surface area contributed by atoms with Gasteiger partial charge in [-0.2, -0.15) is 0 Å². The summed E-state index contributed by atoms with van der Waals surface area (Å²) < 4.78 is 5.75. The van der Waals surface area contributed by atoms with Crippen LogP contribution in [0.4, 0.5) is 11.4 Å². The highest BCUT2D eigenvalue weighted by atomic mass is 35.5. The molecule has 0 unspecified atom stereocenters. The molecule has 37 heavy (non-hydrogen) atoms. The average Bonchev–Trinajstić information content (AvgIpc) is 2.89. The first kappa shape index (κ1) is 26.2. The SMILES string of the molecule is O=C(NC(=S)Nc1ccc(NC(=O)c2ccc(Cl)cc2Cl)cc1)c1ccc(OCc2ccccc2)cc1. The topological polar surface area (TPSA) is 79.5 Å². The lowest BCUT2D eigenvalue weighted by Crippen LogP contribution is -2.34. The zero-order valence-corrected chi connectivity index (χ0v) is 21.7. The van der Waals surface area contributed by atoms with Crippen LogP contribution in [0.1, 0.15) is 26.3 Å². The Hall–Kier alpha value is -3.91. The molecule has 6 nitrogen and oxygen atoms in total. The Kier molecular flexibility index (Phi) is 8.74. The fourth-order valence-corrected chi connectivity index (χ4v) is 3.99. The number of thiocarbonyl (C=S) groups is 1. The number of carbonyl (C=O) groups is 2. The molecule has 4 aromatic carbocycles. The van der Waals surface area contributed by atoms with Gasteiger partial charge in [0.25, 0.3) is 11.8 Å². The number of rotatable bonds is 7. The van der Waals surface area contributed by atoms with Crippen LogP contribution in [-0.4, -0.2) is 16.9 Å². The van der Waals surface area contributed by atoms with Crippen LogP contribution in [0.2, 0.25) is 10.0 Å². The number of halogens is 2. The summed E-state index contributed by atoms with van der Waals surface area (Å²) in [5, 5.41) is 9.21. The predicted octanol–water partition coefficient (Wildman–Crippen LogP) is 6.95. The molecule has 0 aliphatic heterocycles. The van der Waals surface area contributed by atoms with Gasteiger partial charge in [0.15, 0.2) is 5.11 Å². The van der Waals surface area contributed by atoms with Gasteiger partial charge in [-0.15, -0.1) is 0 Å². The maximum absolute atomic E-state index is 12.5. The third-order valence-corrected chi connectivity index (χ3v) is 5.92. The molecule has 0 saturated carbocycles. The molecule has 2 amide bonds. The van der Waals surface area contributed by atoms with E-state index in [0.29, 0.717) is 39.9 Å². The summed E-state index contributed by atoms with van der Waals surface area (Å²) >= 11 is 17.2. The van der Waals surface area contributed by atoms with E-state index in [9.17, 15) is 9.59 Å². The molecule has 3 N–H and O–H groups in total. The zero-order valence-electron chi connectivity index (χ0n) is 19.3. The van der Waals surface area contributed by atoms with Crippen LogP contribution in [0.15, 0.2) is 97.1 Å². The van der Waals surface area contributed by atoms with Crippen molar-refractivity contribution in [2.24, 2.45) is 0 Å². The molecule has 0 saturated heterocycles. The Balaban J connectivity index is 1.26. The highest BCUT2D eigenvalue weighted by molar-refractivity contribution is 7.80. The van der Waals surface area contributed by atoms with Gasteiger partial charge in [-0.25, -0.2) is 0 Å². The number of benzene rings is 4. The van der Waals surface area contributed by atoms with Crippen molar-refractivity contribution < 1.29 is 14.3 Å². The Labute approximate surface area is 229 Å². The second-order valence-electron chi connectivity index (χ2n) is 7.86. The summed E-state index contributed by atoms with van der Waals surface area (Å²) in [6.45, 7) is 0.442. The largest absolute Gasteiger partial charge is 0.489 e. The second kappa shape index (κ2) is 12.4. The van der Waals surface area contributed by atoms with Crippen LogP contribution < -0.4 is 20.7 Å². The first-order chi connectivity index (χ1) is 17.9. The number of ether oxygens (including phenoxy) is 1. The van der Waals surface area contributed by atoms with Crippen LogP contribution in [-0.2, 0) is 6.61 Å². The third kappa shape index (κ3) is 7.54. The number of carbonyl (C=O) groups excluding carboxylic acids is 2. The van der Waals surface area contributed by atoms with E-state index in [1.807, 2.05) is 30.3 Å².